The van der Waals surface area contributed by atoms with Gasteiger partial charge < -0.3 is 5.32 Å². The minimum atomic E-state index is 0.664. The van der Waals surface area contributed by atoms with Crippen LogP contribution in [0.1, 0.15) is 55.3 Å². The van der Waals surface area contributed by atoms with E-state index in [0.29, 0.717) is 5.92 Å². The fraction of sp³-hybridized carbons (Fsp3) is 0.500. The molecule has 1 N–H and O–H groups in total. The maximum atomic E-state index is 5.00. The molecule has 0 bridgehead atoms. The molecule has 1 aliphatic rings. The first-order valence-corrected chi connectivity index (χ1v) is 7.85. The molecule has 20 heavy (non-hydrogen) atoms. The van der Waals surface area contributed by atoms with Gasteiger partial charge in [0.2, 0.25) is 0 Å². The summed E-state index contributed by atoms with van der Waals surface area (Å²) in [5.41, 5.74) is 6.32. The Bertz CT molecular complexity index is 625. The predicted octanol–water partition coefficient (Wildman–Crippen LogP) is 4.94. The van der Waals surface area contributed by atoms with E-state index in [1.807, 2.05) is 0 Å². The molecule has 0 unspecified atom stereocenters. The van der Waals surface area contributed by atoms with Gasteiger partial charge in [0.25, 0.3) is 0 Å². The third-order valence-electron chi connectivity index (χ3n) is 4.41. The summed E-state index contributed by atoms with van der Waals surface area (Å²) in [7, 11) is 0. The van der Waals surface area contributed by atoms with Gasteiger partial charge in [-0.25, -0.2) is 0 Å². The van der Waals surface area contributed by atoms with E-state index in [2.05, 4.69) is 44.3 Å². The summed E-state index contributed by atoms with van der Waals surface area (Å²) in [5, 5.41) is 4.80. The first-order valence-electron chi connectivity index (χ1n) is 7.85. The summed E-state index contributed by atoms with van der Waals surface area (Å²) in [5.74, 6) is 0.664. The molecule has 1 heterocycles. The molecule has 2 heteroatoms. The largest absolute Gasteiger partial charge is 0.385 e. The molecule has 1 aromatic heterocycles. The number of nitrogens with zero attached hydrogens (tertiary/aromatic N) is 1. The van der Waals surface area contributed by atoms with Crippen molar-refractivity contribution in [2.24, 2.45) is 0 Å². The van der Waals surface area contributed by atoms with Crippen molar-refractivity contribution < 1.29 is 0 Å². The zero-order valence-electron chi connectivity index (χ0n) is 12.8. The van der Waals surface area contributed by atoms with Crippen LogP contribution in [0.25, 0.3) is 10.9 Å². The van der Waals surface area contributed by atoms with Gasteiger partial charge in [-0.05, 0) is 51.3 Å². The number of aryl methyl sites for hydroxylation is 2. The molecule has 0 amide bonds. The highest BCUT2D eigenvalue weighted by Crippen LogP contribution is 2.36. The number of anilines is 1. The van der Waals surface area contributed by atoms with Crippen LogP contribution < -0.4 is 5.32 Å². The van der Waals surface area contributed by atoms with Crippen LogP contribution in [0.3, 0.4) is 0 Å². The van der Waals surface area contributed by atoms with Gasteiger partial charge >= 0.3 is 0 Å². The van der Waals surface area contributed by atoms with Crippen molar-refractivity contribution in [2.75, 3.05) is 11.9 Å². The molecule has 1 aromatic carbocycles. The molecule has 0 aliphatic heterocycles. The van der Waals surface area contributed by atoms with Gasteiger partial charge in [-0.15, -0.1) is 0 Å². The molecular formula is C18H24N2. The zero-order chi connectivity index (χ0) is 14.1. The molecule has 0 spiro atoms. The van der Waals surface area contributed by atoms with Crippen LogP contribution in [0.15, 0.2) is 18.2 Å². The van der Waals surface area contributed by atoms with Crippen LogP contribution in [0.4, 0.5) is 5.69 Å². The first kappa shape index (κ1) is 13.4. The van der Waals surface area contributed by atoms with Crippen molar-refractivity contribution in [1.29, 1.82) is 0 Å². The molecule has 2 nitrogen and oxygen atoms in total. The fourth-order valence-corrected chi connectivity index (χ4v) is 3.47. The summed E-state index contributed by atoms with van der Waals surface area (Å²) in [6, 6.07) is 6.79. The van der Waals surface area contributed by atoms with Crippen molar-refractivity contribution in [3.63, 3.8) is 0 Å². The SMILES string of the molecule is CCNc1cc(C2CCCC2)nc2c(C)cc(C)cc12. The van der Waals surface area contributed by atoms with Gasteiger partial charge in [-0.2, -0.15) is 0 Å². The average Bonchev–Trinajstić information content (AvgIpc) is 2.93. The Morgan fingerprint density at radius 1 is 1.15 bits per heavy atom. The Morgan fingerprint density at radius 3 is 2.60 bits per heavy atom. The second kappa shape index (κ2) is 5.43. The van der Waals surface area contributed by atoms with E-state index in [-0.39, 0.29) is 0 Å². The van der Waals surface area contributed by atoms with E-state index in [1.54, 1.807) is 0 Å². The lowest BCUT2D eigenvalue weighted by atomic mass is 9.99. The van der Waals surface area contributed by atoms with Crippen molar-refractivity contribution >= 4 is 16.6 Å². The van der Waals surface area contributed by atoms with E-state index in [1.165, 1.54) is 59.1 Å². The molecule has 1 aliphatic carbocycles. The average molecular weight is 268 g/mol. The molecule has 1 saturated carbocycles. The molecule has 0 atom stereocenters. The Morgan fingerprint density at radius 2 is 1.90 bits per heavy atom. The van der Waals surface area contributed by atoms with Crippen molar-refractivity contribution in [3.8, 4) is 0 Å². The second-order valence-corrected chi connectivity index (χ2v) is 6.08. The Balaban J connectivity index is 2.19. The molecule has 1 fully saturated rings. The summed E-state index contributed by atoms with van der Waals surface area (Å²) in [4.78, 5) is 5.00. The number of aromatic nitrogens is 1. The van der Waals surface area contributed by atoms with Crippen LogP contribution in [0.5, 0.6) is 0 Å². The summed E-state index contributed by atoms with van der Waals surface area (Å²) < 4.78 is 0. The number of fused-ring (bicyclic) bond motifs is 1. The van der Waals surface area contributed by atoms with E-state index < -0.39 is 0 Å². The Hall–Kier alpha value is -1.57. The lowest BCUT2D eigenvalue weighted by molar-refractivity contribution is 0.701. The van der Waals surface area contributed by atoms with Crippen LogP contribution >= 0.6 is 0 Å². The predicted molar refractivity (Wildman–Crippen MR) is 86.6 cm³/mol. The van der Waals surface area contributed by atoms with Crippen LogP contribution in [-0.4, -0.2) is 11.5 Å². The van der Waals surface area contributed by atoms with Gasteiger partial charge in [-0.1, -0.05) is 24.5 Å². The third kappa shape index (κ3) is 2.39. The summed E-state index contributed by atoms with van der Waals surface area (Å²) >= 11 is 0. The number of benzene rings is 1. The van der Waals surface area contributed by atoms with E-state index in [9.17, 15) is 0 Å². The quantitative estimate of drug-likeness (QED) is 0.852. The van der Waals surface area contributed by atoms with Crippen molar-refractivity contribution in [1.82, 2.24) is 4.98 Å². The second-order valence-electron chi connectivity index (χ2n) is 6.08. The topological polar surface area (TPSA) is 24.9 Å². The van der Waals surface area contributed by atoms with Gasteiger partial charge in [0.05, 0.1) is 5.52 Å². The minimum Gasteiger partial charge on any atom is -0.385 e. The molecule has 106 valence electrons. The first-order chi connectivity index (χ1) is 9.69. The van der Waals surface area contributed by atoms with Crippen LogP contribution in [-0.2, 0) is 0 Å². The van der Waals surface area contributed by atoms with Crippen LogP contribution in [0.2, 0.25) is 0 Å². The lowest BCUT2D eigenvalue weighted by Gasteiger charge is -2.16. The lowest BCUT2D eigenvalue weighted by Crippen LogP contribution is -2.04. The van der Waals surface area contributed by atoms with Gasteiger partial charge in [0.15, 0.2) is 0 Å². The van der Waals surface area contributed by atoms with Crippen molar-refractivity contribution in [3.05, 3.63) is 35.0 Å². The Labute approximate surface area is 121 Å². The van der Waals surface area contributed by atoms with E-state index in [0.717, 1.165) is 6.54 Å². The zero-order valence-corrected chi connectivity index (χ0v) is 12.8. The van der Waals surface area contributed by atoms with Crippen molar-refractivity contribution in [2.45, 2.75) is 52.4 Å². The summed E-state index contributed by atoms with van der Waals surface area (Å²) in [6.07, 6.45) is 5.31. The highest BCUT2D eigenvalue weighted by Gasteiger charge is 2.20. The number of hydrogen-bond donors (Lipinski definition) is 1. The van der Waals surface area contributed by atoms with E-state index >= 15 is 0 Å². The minimum absolute atomic E-state index is 0.664. The maximum Gasteiger partial charge on any atom is 0.0755 e. The molecular weight excluding hydrogens is 244 g/mol. The number of hydrogen-bond acceptors (Lipinski definition) is 2. The van der Waals surface area contributed by atoms with Crippen LogP contribution in [0, 0.1) is 13.8 Å². The third-order valence-corrected chi connectivity index (χ3v) is 4.41. The Kier molecular flexibility index (Phi) is 3.64. The monoisotopic (exact) mass is 268 g/mol. The maximum absolute atomic E-state index is 5.00. The number of rotatable bonds is 3. The summed E-state index contributed by atoms with van der Waals surface area (Å²) in [6.45, 7) is 7.45. The molecule has 0 radical (unpaired) electrons. The number of pyridine rings is 1. The highest BCUT2D eigenvalue weighted by atomic mass is 14.9. The molecule has 2 aromatic rings. The number of nitrogens with one attached hydrogen (secondary N) is 1. The van der Waals surface area contributed by atoms with Gasteiger partial charge in [-0.3, -0.25) is 4.98 Å². The van der Waals surface area contributed by atoms with E-state index in [4.69, 9.17) is 4.98 Å². The fourth-order valence-electron chi connectivity index (χ4n) is 3.47. The molecule has 3 rings (SSSR count). The highest BCUT2D eigenvalue weighted by molar-refractivity contribution is 5.94. The smallest absolute Gasteiger partial charge is 0.0755 e. The standard InChI is InChI=1S/C18H24N2/c1-4-19-17-11-16(14-7-5-6-8-14)20-18-13(3)9-12(2)10-15(17)18/h9-11,14H,4-8H2,1-3H3,(H,19,20). The molecule has 0 saturated heterocycles. The normalized spacial score (nSPS) is 15.9. The van der Waals surface area contributed by atoms with Gasteiger partial charge in [0.1, 0.15) is 0 Å². The van der Waals surface area contributed by atoms with Gasteiger partial charge in [0, 0.05) is 29.2 Å².